The number of rotatable bonds is 4. The quantitative estimate of drug-likeness (QED) is 0.904. The zero-order chi connectivity index (χ0) is 14.8. The summed E-state index contributed by atoms with van der Waals surface area (Å²) in [5, 5.41) is 4.06. The highest BCUT2D eigenvalue weighted by Gasteiger charge is 2.47. The van der Waals surface area contributed by atoms with Gasteiger partial charge in [-0.3, -0.25) is 9.63 Å². The second-order valence-corrected chi connectivity index (χ2v) is 5.38. The summed E-state index contributed by atoms with van der Waals surface area (Å²) in [4.78, 5) is 31.5. The third-order valence-electron chi connectivity index (χ3n) is 4.09. The molecule has 0 spiro atoms. The van der Waals surface area contributed by atoms with Crippen molar-refractivity contribution in [2.24, 2.45) is 0 Å². The number of hydrogen-bond donors (Lipinski definition) is 1. The van der Waals surface area contributed by atoms with Gasteiger partial charge in [0, 0.05) is 13.6 Å². The minimum Gasteiger partial charge on any atom is -0.357 e. The summed E-state index contributed by atoms with van der Waals surface area (Å²) in [6.45, 7) is 0.924. The van der Waals surface area contributed by atoms with E-state index < -0.39 is 0 Å². The maximum absolute atomic E-state index is 12.4. The molecule has 1 unspecified atom stereocenters. The smallest absolute Gasteiger partial charge is 0.345 e. The molecule has 0 radical (unpaired) electrons. The maximum atomic E-state index is 12.4. The van der Waals surface area contributed by atoms with Crippen molar-refractivity contribution >= 4 is 11.9 Å². The summed E-state index contributed by atoms with van der Waals surface area (Å²) in [5.74, 6) is -0.105. The van der Waals surface area contributed by atoms with Crippen LogP contribution in [0, 0.1) is 0 Å². The standard InChI is InChI=1S/C15H19N3O3/c1-16-14(19)13-8-7-12-9-17(13)15(20)18(12)21-10-11-5-3-2-4-6-11/h2-6,12-13H,7-10H2,1H3,(H,16,19)/t12?,13-/m0/s1. The summed E-state index contributed by atoms with van der Waals surface area (Å²) in [6, 6.07) is 9.20. The second-order valence-electron chi connectivity index (χ2n) is 5.38. The zero-order valence-corrected chi connectivity index (χ0v) is 12.0. The van der Waals surface area contributed by atoms with E-state index in [1.807, 2.05) is 30.3 Å². The van der Waals surface area contributed by atoms with Crippen molar-refractivity contribution in [1.29, 1.82) is 0 Å². The second kappa shape index (κ2) is 5.73. The topological polar surface area (TPSA) is 61.9 Å². The lowest BCUT2D eigenvalue weighted by Crippen LogP contribution is -2.48. The van der Waals surface area contributed by atoms with Crippen molar-refractivity contribution < 1.29 is 14.4 Å². The van der Waals surface area contributed by atoms with Crippen LogP contribution >= 0.6 is 0 Å². The molecule has 0 saturated carbocycles. The third kappa shape index (κ3) is 2.58. The highest BCUT2D eigenvalue weighted by atomic mass is 16.7. The van der Waals surface area contributed by atoms with E-state index in [2.05, 4.69) is 5.32 Å². The van der Waals surface area contributed by atoms with Gasteiger partial charge in [0.2, 0.25) is 5.91 Å². The predicted molar refractivity (Wildman–Crippen MR) is 76.0 cm³/mol. The van der Waals surface area contributed by atoms with Gasteiger partial charge in [-0.1, -0.05) is 30.3 Å². The first kappa shape index (κ1) is 13.9. The van der Waals surface area contributed by atoms with E-state index in [4.69, 9.17) is 4.84 Å². The van der Waals surface area contributed by atoms with Crippen LogP contribution in [0.1, 0.15) is 18.4 Å². The van der Waals surface area contributed by atoms with Crippen LogP contribution in [0.3, 0.4) is 0 Å². The number of hydroxylamine groups is 2. The number of piperidine rings is 1. The Morgan fingerprint density at radius 1 is 1.33 bits per heavy atom. The van der Waals surface area contributed by atoms with Crippen molar-refractivity contribution in [3.63, 3.8) is 0 Å². The highest BCUT2D eigenvalue weighted by Crippen LogP contribution is 2.30. The molecule has 112 valence electrons. The molecule has 1 N–H and O–H groups in total. The first-order chi connectivity index (χ1) is 10.2. The molecule has 2 heterocycles. The average Bonchev–Trinajstić information content (AvgIpc) is 2.77. The summed E-state index contributed by atoms with van der Waals surface area (Å²) < 4.78 is 0. The van der Waals surface area contributed by atoms with Gasteiger partial charge in [-0.2, -0.15) is 5.06 Å². The summed E-state index contributed by atoms with van der Waals surface area (Å²) in [7, 11) is 1.60. The van der Waals surface area contributed by atoms with E-state index in [1.54, 1.807) is 11.9 Å². The molecule has 3 amide bonds. The molecule has 0 aromatic heterocycles. The lowest BCUT2D eigenvalue weighted by atomic mass is 10.0. The molecule has 2 atom stereocenters. The predicted octanol–water partition coefficient (Wildman–Crippen LogP) is 1.13. The molecule has 21 heavy (non-hydrogen) atoms. The molecule has 0 aliphatic carbocycles. The fraction of sp³-hybridized carbons (Fsp3) is 0.467. The van der Waals surface area contributed by atoms with E-state index in [-0.39, 0.29) is 24.0 Å². The molecule has 3 rings (SSSR count). The number of carbonyl (C=O) groups is 2. The molecule has 1 aromatic rings. The van der Waals surface area contributed by atoms with E-state index in [0.717, 1.165) is 12.0 Å². The number of nitrogens with one attached hydrogen (secondary N) is 1. The van der Waals surface area contributed by atoms with E-state index in [0.29, 0.717) is 19.6 Å². The van der Waals surface area contributed by atoms with Crippen molar-refractivity contribution in [2.45, 2.75) is 31.5 Å². The minimum atomic E-state index is -0.371. The van der Waals surface area contributed by atoms with E-state index >= 15 is 0 Å². The van der Waals surface area contributed by atoms with Crippen molar-refractivity contribution in [3.05, 3.63) is 35.9 Å². The summed E-state index contributed by atoms with van der Waals surface area (Å²) in [5.41, 5.74) is 1.02. The number of benzene rings is 1. The maximum Gasteiger partial charge on any atom is 0.345 e. The molecule has 2 fully saturated rings. The SMILES string of the molecule is CNC(=O)[C@@H]1CCC2CN1C(=O)N2OCc1ccccc1. The molecule has 2 aliphatic heterocycles. The Morgan fingerprint density at radius 2 is 2.10 bits per heavy atom. The van der Waals surface area contributed by atoms with Gasteiger partial charge < -0.3 is 10.2 Å². The molecule has 6 heteroatoms. The van der Waals surface area contributed by atoms with Gasteiger partial charge in [0.05, 0.1) is 6.04 Å². The number of nitrogens with zero attached hydrogens (tertiary/aromatic N) is 2. The minimum absolute atomic E-state index is 0.0436. The molecule has 6 nitrogen and oxygen atoms in total. The number of carbonyl (C=O) groups excluding carboxylic acids is 2. The number of likely N-dealkylation sites (N-methyl/N-ethyl adjacent to an activating group) is 1. The van der Waals surface area contributed by atoms with Crippen LogP contribution in [-0.2, 0) is 16.2 Å². The Balaban J connectivity index is 1.66. The van der Waals surface area contributed by atoms with Gasteiger partial charge in [-0.15, -0.1) is 0 Å². The number of amides is 3. The van der Waals surface area contributed by atoms with Crippen LogP contribution in [0.15, 0.2) is 30.3 Å². The van der Waals surface area contributed by atoms with E-state index in [1.165, 1.54) is 5.06 Å². The lowest BCUT2D eigenvalue weighted by Gasteiger charge is -2.28. The monoisotopic (exact) mass is 289 g/mol. The summed E-state index contributed by atoms with van der Waals surface area (Å²) in [6.07, 6.45) is 1.47. The van der Waals surface area contributed by atoms with Gasteiger partial charge in [0.1, 0.15) is 12.6 Å². The Bertz CT molecular complexity index is 534. The Labute approximate surface area is 123 Å². The average molecular weight is 289 g/mol. The van der Waals surface area contributed by atoms with Crippen LogP contribution in [0.4, 0.5) is 4.79 Å². The van der Waals surface area contributed by atoms with Gasteiger partial charge in [0.25, 0.3) is 0 Å². The van der Waals surface area contributed by atoms with Crippen molar-refractivity contribution in [1.82, 2.24) is 15.3 Å². The number of urea groups is 1. The first-order valence-corrected chi connectivity index (χ1v) is 7.19. The normalized spacial score (nSPS) is 24.3. The van der Waals surface area contributed by atoms with Crippen LogP contribution in [0.25, 0.3) is 0 Å². The number of fused-ring (bicyclic) bond motifs is 2. The third-order valence-corrected chi connectivity index (χ3v) is 4.09. The van der Waals surface area contributed by atoms with Crippen LogP contribution in [-0.4, -0.2) is 47.6 Å². The largest absolute Gasteiger partial charge is 0.357 e. The van der Waals surface area contributed by atoms with Crippen molar-refractivity contribution in [3.8, 4) is 0 Å². The number of hydrogen-bond acceptors (Lipinski definition) is 3. The van der Waals surface area contributed by atoms with Crippen LogP contribution < -0.4 is 5.32 Å². The van der Waals surface area contributed by atoms with Gasteiger partial charge in [0.15, 0.2) is 0 Å². The zero-order valence-electron chi connectivity index (χ0n) is 12.0. The molecule has 1 aromatic carbocycles. The Hall–Kier alpha value is -2.08. The first-order valence-electron chi connectivity index (χ1n) is 7.19. The van der Waals surface area contributed by atoms with Crippen molar-refractivity contribution in [2.75, 3.05) is 13.6 Å². The van der Waals surface area contributed by atoms with Gasteiger partial charge in [-0.05, 0) is 18.4 Å². The van der Waals surface area contributed by atoms with Crippen LogP contribution in [0.2, 0.25) is 0 Å². The molecule has 2 saturated heterocycles. The Kier molecular flexibility index (Phi) is 3.79. The van der Waals surface area contributed by atoms with E-state index in [9.17, 15) is 9.59 Å². The fourth-order valence-electron chi connectivity index (χ4n) is 2.96. The lowest BCUT2D eigenvalue weighted by molar-refractivity contribution is -0.140. The fourth-order valence-corrected chi connectivity index (χ4v) is 2.96. The van der Waals surface area contributed by atoms with Gasteiger partial charge >= 0.3 is 6.03 Å². The van der Waals surface area contributed by atoms with Gasteiger partial charge in [-0.25, -0.2) is 4.79 Å². The Morgan fingerprint density at radius 3 is 2.81 bits per heavy atom. The highest BCUT2D eigenvalue weighted by molar-refractivity contribution is 5.88. The molecule has 2 bridgehead atoms. The van der Waals surface area contributed by atoms with Crippen LogP contribution in [0.5, 0.6) is 0 Å². The molecule has 2 aliphatic rings. The molecular formula is C15H19N3O3. The summed E-state index contributed by atoms with van der Waals surface area (Å²) >= 11 is 0. The molecular weight excluding hydrogens is 270 g/mol.